The van der Waals surface area contributed by atoms with E-state index in [1.54, 1.807) is 16.5 Å². The number of hydrogen-bond acceptors (Lipinski definition) is 6. The van der Waals surface area contributed by atoms with Crippen molar-refractivity contribution in [3.63, 3.8) is 0 Å². The van der Waals surface area contributed by atoms with Crippen molar-refractivity contribution in [3.8, 4) is 5.75 Å². The minimum absolute atomic E-state index is 0.0104. The first-order chi connectivity index (χ1) is 12.9. The van der Waals surface area contributed by atoms with E-state index in [9.17, 15) is 4.79 Å². The normalized spacial score (nSPS) is 11.0. The van der Waals surface area contributed by atoms with Crippen molar-refractivity contribution in [2.24, 2.45) is 0 Å². The number of fused-ring (bicyclic) bond motifs is 1. The number of carbonyl (C=O) groups excluding carboxylic acids is 1. The van der Waals surface area contributed by atoms with E-state index in [-0.39, 0.29) is 18.3 Å². The molecule has 0 radical (unpaired) electrons. The van der Waals surface area contributed by atoms with Crippen molar-refractivity contribution in [2.45, 2.75) is 27.2 Å². The maximum atomic E-state index is 12.6. The maximum absolute atomic E-state index is 12.6. The SMILES string of the molecule is Cc1ccccc1OCCN(C)C(=O)Cc1c(C)nc2nc(N)nn2c1C. The van der Waals surface area contributed by atoms with Gasteiger partial charge in [0.25, 0.3) is 5.78 Å². The number of nitrogens with two attached hydrogens (primary N) is 1. The molecule has 2 N–H and O–H groups in total. The molecule has 3 rings (SSSR count). The van der Waals surface area contributed by atoms with Crippen LogP contribution < -0.4 is 10.5 Å². The lowest BCUT2D eigenvalue weighted by atomic mass is 10.1. The summed E-state index contributed by atoms with van der Waals surface area (Å²) >= 11 is 0. The highest BCUT2D eigenvalue weighted by atomic mass is 16.5. The Bertz CT molecular complexity index is 982. The molecule has 8 heteroatoms. The second-order valence-corrected chi connectivity index (χ2v) is 6.55. The van der Waals surface area contributed by atoms with Crippen LogP contribution in [-0.4, -0.2) is 50.6 Å². The van der Waals surface area contributed by atoms with Gasteiger partial charge in [-0.1, -0.05) is 18.2 Å². The summed E-state index contributed by atoms with van der Waals surface area (Å²) in [6.45, 7) is 6.68. The summed E-state index contributed by atoms with van der Waals surface area (Å²) in [5.74, 6) is 1.44. The van der Waals surface area contributed by atoms with E-state index < -0.39 is 0 Å². The third-order valence-electron chi connectivity index (χ3n) is 4.60. The Morgan fingerprint density at radius 1 is 1.22 bits per heavy atom. The number of para-hydroxylation sites is 1. The topological polar surface area (TPSA) is 98.6 Å². The lowest BCUT2D eigenvalue weighted by Gasteiger charge is -2.19. The Morgan fingerprint density at radius 3 is 2.70 bits per heavy atom. The molecule has 8 nitrogen and oxygen atoms in total. The molecule has 2 aromatic heterocycles. The number of rotatable bonds is 6. The minimum Gasteiger partial charge on any atom is -0.491 e. The highest BCUT2D eigenvalue weighted by molar-refractivity contribution is 5.79. The van der Waals surface area contributed by atoms with Crippen molar-refractivity contribution < 1.29 is 9.53 Å². The van der Waals surface area contributed by atoms with Crippen LogP contribution in [0, 0.1) is 20.8 Å². The van der Waals surface area contributed by atoms with Gasteiger partial charge in [0.15, 0.2) is 0 Å². The van der Waals surface area contributed by atoms with Gasteiger partial charge in [-0.05, 0) is 32.4 Å². The monoisotopic (exact) mass is 368 g/mol. The summed E-state index contributed by atoms with van der Waals surface area (Å²) in [6, 6.07) is 7.82. The van der Waals surface area contributed by atoms with E-state index in [2.05, 4.69) is 15.1 Å². The molecule has 27 heavy (non-hydrogen) atoms. The van der Waals surface area contributed by atoms with Gasteiger partial charge in [0.05, 0.1) is 13.0 Å². The summed E-state index contributed by atoms with van der Waals surface area (Å²) in [5.41, 5.74) is 9.13. The number of carbonyl (C=O) groups is 1. The van der Waals surface area contributed by atoms with Crippen molar-refractivity contribution in [1.29, 1.82) is 0 Å². The van der Waals surface area contributed by atoms with Gasteiger partial charge >= 0.3 is 0 Å². The average Bonchev–Trinajstić information content (AvgIpc) is 3.00. The Hall–Kier alpha value is -3.16. The van der Waals surface area contributed by atoms with Crippen molar-refractivity contribution >= 4 is 17.6 Å². The summed E-state index contributed by atoms with van der Waals surface area (Å²) in [4.78, 5) is 22.8. The zero-order valence-electron chi connectivity index (χ0n) is 16.1. The lowest BCUT2D eigenvalue weighted by molar-refractivity contribution is -0.129. The number of hydrogen-bond donors (Lipinski definition) is 1. The number of amides is 1. The number of benzene rings is 1. The van der Waals surface area contributed by atoms with E-state index >= 15 is 0 Å². The smallest absolute Gasteiger partial charge is 0.254 e. The molecular weight excluding hydrogens is 344 g/mol. The van der Waals surface area contributed by atoms with Gasteiger partial charge in [-0.15, -0.1) is 5.10 Å². The van der Waals surface area contributed by atoms with Gasteiger partial charge in [0, 0.05) is 24.0 Å². The summed E-state index contributed by atoms with van der Waals surface area (Å²) in [7, 11) is 1.77. The van der Waals surface area contributed by atoms with Crippen molar-refractivity contribution in [3.05, 3.63) is 46.8 Å². The molecule has 1 amide bonds. The Labute approximate surface area is 158 Å². The number of ether oxygens (including phenoxy) is 1. The van der Waals surface area contributed by atoms with Crippen LogP contribution >= 0.6 is 0 Å². The van der Waals surface area contributed by atoms with Gasteiger partial charge < -0.3 is 15.4 Å². The van der Waals surface area contributed by atoms with Crippen LogP contribution in [0.4, 0.5) is 5.95 Å². The molecule has 142 valence electrons. The van der Waals surface area contributed by atoms with Crippen molar-refractivity contribution in [1.82, 2.24) is 24.5 Å². The number of aromatic nitrogens is 4. The fourth-order valence-electron chi connectivity index (χ4n) is 2.90. The molecule has 0 fully saturated rings. The predicted molar refractivity (Wildman–Crippen MR) is 103 cm³/mol. The standard InChI is InChI=1S/C19H24N6O2/c1-12-7-5-6-8-16(12)27-10-9-24(4)17(26)11-15-13(2)21-19-22-18(20)23-25(19)14(15)3/h5-8H,9-11H2,1-4H3,(H2,20,23). The van der Waals surface area contributed by atoms with E-state index in [0.29, 0.717) is 18.9 Å². The zero-order chi connectivity index (χ0) is 19.6. The number of likely N-dealkylation sites (N-methyl/N-ethyl adjacent to an activating group) is 1. The quantitative estimate of drug-likeness (QED) is 0.711. The fraction of sp³-hybridized carbons (Fsp3) is 0.368. The van der Waals surface area contributed by atoms with E-state index in [0.717, 1.165) is 28.3 Å². The Balaban J connectivity index is 1.64. The van der Waals surface area contributed by atoms with E-state index in [1.165, 1.54) is 0 Å². The molecule has 0 atom stereocenters. The van der Waals surface area contributed by atoms with Gasteiger partial charge in [-0.2, -0.15) is 9.50 Å². The Kier molecular flexibility index (Phi) is 5.25. The first-order valence-electron chi connectivity index (χ1n) is 8.77. The zero-order valence-corrected chi connectivity index (χ0v) is 16.1. The largest absolute Gasteiger partial charge is 0.491 e. The number of anilines is 1. The number of nitrogens with zero attached hydrogens (tertiary/aromatic N) is 5. The molecule has 0 aliphatic heterocycles. The molecule has 0 spiro atoms. The lowest BCUT2D eigenvalue weighted by Crippen LogP contribution is -2.32. The molecule has 3 aromatic rings. The van der Waals surface area contributed by atoms with Gasteiger partial charge in [0.1, 0.15) is 12.4 Å². The molecular formula is C19H24N6O2. The van der Waals surface area contributed by atoms with Gasteiger partial charge in [-0.3, -0.25) is 4.79 Å². The van der Waals surface area contributed by atoms with Crippen LogP contribution in [0.5, 0.6) is 5.75 Å². The molecule has 0 bridgehead atoms. The molecule has 0 saturated heterocycles. The minimum atomic E-state index is -0.0104. The molecule has 0 aliphatic rings. The summed E-state index contributed by atoms with van der Waals surface area (Å²) < 4.78 is 7.35. The second-order valence-electron chi connectivity index (χ2n) is 6.55. The molecule has 0 unspecified atom stereocenters. The van der Waals surface area contributed by atoms with Crippen LogP contribution in [0.1, 0.15) is 22.5 Å². The first-order valence-corrected chi connectivity index (χ1v) is 8.77. The van der Waals surface area contributed by atoms with E-state index in [1.807, 2.05) is 45.0 Å². The number of aryl methyl sites for hydroxylation is 3. The first kappa shape index (κ1) is 18.6. The van der Waals surface area contributed by atoms with Crippen LogP contribution in [0.15, 0.2) is 24.3 Å². The molecule has 0 saturated carbocycles. The molecule has 1 aromatic carbocycles. The van der Waals surface area contributed by atoms with Gasteiger partial charge in [0.2, 0.25) is 11.9 Å². The molecule has 2 heterocycles. The average molecular weight is 368 g/mol. The van der Waals surface area contributed by atoms with Crippen molar-refractivity contribution in [2.75, 3.05) is 25.9 Å². The van der Waals surface area contributed by atoms with Crippen LogP contribution in [0.25, 0.3) is 5.78 Å². The predicted octanol–water partition coefficient (Wildman–Crippen LogP) is 1.71. The summed E-state index contributed by atoms with van der Waals surface area (Å²) in [5, 5.41) is 4.13. The third-order valence-corrected chi connectivity index (χ3v) is 4.60. The highest BCUT2D eigenvalue weighted by Crippen LogP contribution is 2.17. The Morgan fingerprint density at radius 2 is 1.96 bits per heavy atom. The molecule has 0 aliphatic carbocycles. The summed E-state index contributed by atoms with van der Waals surface area (Å²) in [6.07, 6.45) is 0.237. The highest BCUT2D eigenvalue weighted by Gasteiger charge is 2.17. The van der Waals surface area contributed by atoms with Crippen LogP contribution in [0.2, 0.25) is 0 Å². The van der Waals surface area contributed by atoms with E-state index in [4.69, 9.17) is 10.5 Å². The third kappa shape index (κ3) is 3.99. The maximum Gasteiger partial charge on any atom is 0.254 e. The van der Waals surface area contributed by atoms with Crippen LogP contribution in [-0.2, 0) is 11.2 Å². The van der Waals surface area contributed by atoms with Crippen LogP contribution in [0.3, 0.4) is 0 Å². The number of nitrogen functional groups attached to an aromatic ring is 1. The van der Waals surface area contributed by atoms with Gasteiger partial charge in [-0.25, -0.2) is 4.98 Å². The second kappa shape index (κ2) is 7.61. The fourth-order valence-corrected chi connectivity index (χ4v) is 2.90.